The Morgan fingerprint density at radius 3 is 2.70 bits per heavy atom. The molecule has 1 aromatic heterocycles. The molecule has 0 spiro atoms. The third kappa shape index (κ3) is 3.02. The molecular formula is C17H16ClN3OS. The molecule has 0 fully saturated rings. The molecule has 0 saturated heterocycles. The van der Waals surface area contributed by atoms with Crippen molar-refractivity contribution >= 4 is 51.9 Å². The van der Waals surface area contributed by atoms with Gasteiger partial charge in [0.05, 0.1) is 5.69 Å². The van der Waals surface area contributed by atoms with Crippen molar-refractivity contribution in [1.82, 2.24) is 0 Å². The first-order chi connectivity index (χ1) is 11.1. The number of hydrogen-bond donors (Lipinski definition) is 1. The Morgan fingerprint density at radius 1 is 1.22 bits per heavy atom. The van der Waals surface area contributed by atoms with Crippen LogP contribution >= 0.6 is 23.4 Å². The minimum absolute atomic E-state index is 0.335. The molecule has 0 amide bonds. The Morgan fingerprint density at radius 2 is 2.00 bits per heavy atom. The number of furan rings is 1. The number of hydrogen-bond acceptors (Lipinski definition) is 3. The number of guanidine groups is 1. The second-order valence-electron chi connectivity index (χ2n) is 4.86. The van der Waals surface area contributed by atoms with Crippen molar-refractivity contribution < 1.29 is 4.42 Å². The molecule has 3 rings (SSSR count). The summed E-state index contributed by atoms with van der Waals surface area (Å²) < 4.78 is 5.96. The summed E-state index contributed by atoms with van der Waals surface area (Å²) in [6, 6.07) is 15.4. The molecule has 0 aliphatic carbocycles. The summed E-state index contributed by atoms with van der Waals surface area (Å²) in [7, 11) is 1.65. The quantitative estimate of drug-likeness (QED) is 0.417. The summed E-state index contributed by atoms with van der Waals surface area (Å²) >= 11 is 7.79. The monoisotopic (exact) mass is 345 g/mol. The topological polar surface area (TPSA) is 54.8 Å². The first kappa shape index (κ1) is 15.8. The predicted octanol–water partition coefficient (Wildman–Crippen LogP) is 4.89. The summed E-state index contributed by atoms with van der Waals surface area (Å²) in [5, 5.41) is 1.63. The van der Waals surface area contributed by atoms with E-state index in [9.17, 15) is 0 Å². The van der Waals surface area contributed by atoms with Crippen LogP contribution < -0.4 is 10.6 Å². The van der Waals surface area contributed by atoms with Gasteiger partial charge < -0.3 is 10.2 Å². The molecule has 23 heavy (non-hydrogen) atoms. The van der Waals surface area contributed by atoms with Gasteiger partial charge in [0.25, 0.3) is 0 Å². The van der Waals surface area contributed by atoms with Crippen LogP contribution in [0.4, 0.5) is 11.6 Å². The van der Waals surface area contributed by atoms with Crippen LogP contribution in [0.25, 0.3) is 11.0 Å². The zero-order chi connectivity index (χ0) is 16.4. The molecule has 0 atom stereocenters. The van der Waals surface area contributed by atoms with Crippen molar-refractivity contribution in [2.75, 3.05) is 18.2 Å². The van der Waals surface area contributed by atoms with Crippen molar-refractivity contribution in [3.05, 3.63) is 53.6 Å². The Kier molecular flexibility index (Phi) is 4.50. The van der Waals surface area contributed by atoms with Crippen LogP contribution in [-0.4, -0.2) is 19.3 Å². The molecule has 2 aromatic carbocycles. The van der Waals surface area contributed by atoms with E-state index in [-0.39, 0.29) is 0 Å². The number of rotatable bonds is 3. The maximum absolute atomic E-state index is 6.18. The largest absolute Gasteiger partial charge is 0.440 e. The van der Waals surface area contributed by atoms with E-state index in [1.54, 1.807) is 23.7 Å². The van der Waals surface area contributed by atoms with E-state index in [0.29, 0.717) is 16.9 Å². The fraction of sp³-hybridized carbons (Fsp3) is 0.118. The van der Waals surface area contributed by atoms with Gasteiger partial charge in [-0.15, -0.1) is 11.8 Å². The molecule has 4 nitrogen and oxygen atoms in total. The lowest BCUT2D eigenvalue weighted by Crippen LogP contribution is -2.33. The Bertz CT molecular complexity index is 842. The first-order valence-electron chi connectivity index (χ1n) is 6.98. The van der Waals surface area contributed by atoms with Gasteiger partial charge >= 0.3 is 0 Å². The Labute approximate surface area is 143 Å². The van der Waals surface area contributed by atoms with E-state index in [2.05, 4.69) is 4.99 Å². The van der Waals surface area contributed by atoms with E-state index in [1.165, 1.54) is 0 Å². The number of para-hydroxylation sites is 1. The summed E-state index contributed by atoms with van der Waals surface area (Å²) in [5.41, 5.74) is 7.78. The summed E-state index contributed by atoms with van der Waals surface area (Å²) in [4.78, 5) is 6.93. The molecule has 3 aromatic rings. The number of thioether (sulfide) groups is 1. The van der Waals surface area contributed by atoms with Gasteiger partial charge in [-0.05, 0) is 30.5 Å². The highest BCUT2D eigenvalue weighted by molar-refractivity contribution is 7.98. The molecule has 1 heterocycles. The lowest BCUT2D eigenvalue weighted by atomic mass is 10.2. The standard InChI is InChI=1S/C17H16ClN3OS/c1-20-17(19)21(13-10-12(18)7-8-15(13)23-2)16-9-11-5-3-4-6-14(11)22-16/h3-10H,1-2H3,(H2,19,20). The second kappa shape index (κ2) is 6.56. The van der Waals surface area contributed by atoms with Crippen LogP contribution in [0, 0.1) is 0 Å². The van der Waals surface area contributed by atoms with Crippen LogP contribution in [0.2, 0.25) is 5.02 Å². The SMILES string of the molecule is CN=C(N)N(c1cc2ccccc2o1)c1cc(Cl)ccc1SC. The maximum Gasteiger partial charge on any atom is 0.208 e. The summed E-state index contributed by atoms with van der Waals surface area (Å²) in [6.45, 7) is 0. The average molecular weight is 346 g/mol. The van der Waals surface area contributed by atoms with Crippen molar-refractivity contribution in [1.29, 1.82) is 0 Å². The molecule has 0 bridgehead atoms. The van der Waals surface area contributed by atoms with Crippen LogP contribution in [0.1, 0.15) is 0 Å². The summed E-state index contributed by atoms with van der Waals surface area (Å²) in [6.07, 6.45) is 2.00. The smallest absolute Gasteiger partial charge is 0.208 e. The molecule has 2 N–H and O–H groups in total. The van der Waals surface area contributed by atoms with Gasteiger partial charge in [-0.1, -0.05) is 29.8 Å². The van der Waals surface area contributed by atoms with E-state index in [1.807, 2.05) is 54.8 Å². The molecule has 0 radical (unpaired) electrons. The van der Waals surface area contributed by atoms with Gasteiger partial charge in [0.15, 0.2) is 0 Å². The number of nitrogens with zero attached hydrogens (tertiary/aromatic N) is 2. The zero-order valence-electron chi connectivity index (χ0n) is 12.8. The molecule has 0 saturated carbocycles. The zero-order valence-corrected chi connectivity index (χ0v) is 14.4. The molecule has 6 heteroatoms. The van der Waals surface area contributed by atoms with Crippen LogP contribution in [0.3, 0.4) is 0 Å². The minimum Gasteiger partial charge on any atom is -0.440 e. The van der Waals surface area contributed by atoms with Crippen molar-refractivity contribution in [3.8, 4) is 0 Å². The fourth-order valence-electron chi connectivity index (χ4n) is 2.37. The highest BCUT2D eigenvalue weighted by Crippen LogP contribution is 2.37. The average Bonchev–Trinajstić information content (AvgIpc) is 2.98. The van der Waals surface area contributed by atoms with Crippen LogP contribution in [-0.2, 0) is 0 Å². The number of nitrogens with two attached hydrogens (primary N) is 1. The van der Waals surface area contributed by atoms with Gasteiger partial charge in [-0.2, -0.15) is 0 Å². The van der Waals surface area contributed by atoms with Crippen LogP contribution in [0.15, 0.2) is 62.8 Å². The van der Waals surface area contributed by atoms with Crippen molar-refractivity contribution in [3.63, 3.8) is 0 Å². The van der Waals surface area contributed by atoms with Crippen LogP contribution in [0.5, 0.6) is 0 Å². The van der Waals surface area contributed by atoms with Crippen molar-refractivity contribution in [2.45, 2.75) is 4.90 Å². The lowest BCUT2D eigenvalue weighted by Gasteiger charge is -2.23. The third-order valence-electron chi connectivity index (χ3n) is 3.47. The highest BCUT2D eigenvalue weighted by Gasteiger charge is 2.21. The molecule has 118 valence electrons. The maximum atomic E-state index is 6.18. The van der Waals surface area contributed by atoms with E-state index in [4.69, 9.17) is 21.8 Å². The van der Waals surface area contributed by atoms with E-state index in [0.717, 1.165) is 21.6 Å². The number of anilines is 2. The van der Waals surface area contributed by atoms with Gasteiger partial charge in [-0.3, -0.25) is 4.99 Å². The van der Waals surface area contributed by atoms with Gasteiger partial charge in [-0.25, -0.2) is 4.90 Å². The molecule has 0 unspecified atom stereocenters. The lowest BCUT2D eigenvalue weighted by molar-refractivity contribution is 0.622. The molecular weight excluding hydrogens is 330 g/mol. The number of fused-ring (bicyclic) bond motifs is 1. The molecule has 0 aliphatic rings. The van der Waals surface area contributed by atoms with Gasteiger partial charge in [0, 0.05) is 28.4 Å². The Hall–Kier alpha value is -2.11. The third-order valence-corrected chi connectivity index (χ3v) is 4.49. The Balaban J connectivity index is 2.21. The normalized spacial score (nSPS) is 11.9. The predicted molar refractivity (Wildman–Crippen MR) is 99.1 cm³/mol. The first-order valence-corrected chi connectivity index (χ1v) is 8.59. The number of halogens is 1. The summed E-state index contributed by atoms with van der Waals surface area (Å²) in [5.74, 6) is 0.938. The fourth-order valence-corrected chi connectivity index (χ4v) is 3.10. The molecule has 0 aliphatic heterocycles. The highest BCUT2D eigenvalue weighted by atomic mass is 35.5. The number of aliphatic imine (C=N–C) groups is 1. The number of benzene rings is 2. The minimum atomic E-state index is 0.335. The van der Waals surface area contributed by atoms with Gasteiger partial charge in [0.1, 0.15) is 5.58 Å². The van der Waals surface area contributed by atoms with Crippen molar-refractivity contribution in [2.24, 2.45) is 10.7 Å². The van der Waals surface area contributed by atoms with E-state index >= 15 is 0 Å². The van der Waals surface area contributed by atoms with Gasteiger partial charge in [0.2, 0.25) is 11.8 Å². The van der Waals surface area contributed by atoms with E-state index < -0.39 is 0 Å². The second-order valence-corrected chi connectivity index (χ2v) is 6.14.